The number of ether oxygens (including phenoxy) is 1. The van der Waals surface area contributed by atoms with Crippen molar-refractivity contribution in [1.82, 2.24) is 0 Å². The van der Waals surface area contributed by atoms with E-state index < -0.39 is 26.7 Å². The van der Waals surface area contributed by atoms with Gasteiger partial charge in [-0.1, -0.05) is 12.1 Å². The van der Waals surface area contributed by atoms with Gasteiger partial charge in [-0.05, 0) is 42.8 Å². The highest BCUT2D eigenvalue weighted by atomic mass is 32.2. The Morgan fingerprint density at radius 3 is 2.48 bits per heavy atom. The van der Waals surface area contributed by atoms with Crippen LogP contribution < -0.4 is 15.2 Å². The molecular formula is C16H17F3N2O3S. The van der Waals surface area contributed by atoms with Crippen molar-refractivity contribution in [2.24, 2.45) is 5.14 Å². The van der Waals surface area contributed by atoms with E-state index in [-0.39, 0.29) is 18.8 Å². The lowest BCUT2D eigenvalue weighted by atomic mass is 10.1. The zero-order chi connectivity index (χ0) is 18.7. The van der Waals surface area contributed by atoms with Gasteiger partial charge < -0.3 is 10.1 Å². The average molecular weight is 374 g/mol. The Hall–Kier alpha value is -2.26. The van der Waals surface area contributed by atoms with E-state index in [0.717, 1.165) is 17.7 Å². The molecule has 0 saturated carbocycles. The molecule has 5 nitrogen and oxygen atoms in total. The van der Waals surface area contributed by atoms with E-state index >= 15 is 0 Å². The van der Waals surface area contributed by atoms with Gasteiger partial charge in [0.1, 0.15) is 12.4 Å². The van der Waals surface area contributed by atoms with Gasteiger partial charge >= 0.3 is 6.18 Å². The Labute approximate surface area is 143 Å². The molecule has 0 atom stereocenters. The van der Waals surface area contributed by atoms with Crippen molar-refractivity contribution in [2.45, 2.75) is 18.0 Å². The lowest BCUT2D eigenvalue weighted by Gasteiger charge is -2.16. The first-order chi connectivity index (χ1) is 11.6. The molecule has 2 aromatic carbocycles. The molecule has 0 amide bonds. The quantitative estimate of drug-likeness (QED) is 0.761. The van der Waals surface area contributed by atoms with E-state index in [1.165, 1.54) is 0 Å². The zero-order valence-corrected chi connectivity index (χ0v) is 14.1. The van der Waals surface area contributed by atoms with Crippen LogP contribution in [-0.4, -0.2) is 21.6 Å². The molecule has 0 aromatic heterocycles. The Bertz CT molecular complexity index is 852. The highest BCUT2D eigenvalue weighted by molar-refractivity contribution is 7.89. The van der Waals surface area contributed by atoms with E-state index in [9.17, 15) is 21.6 Å². The second-order valence-corrected chi connectivity index (χ2v) is 6.90. The number of sulfonamides is 1. The van der Waals surface area contributed by atoms with E-state index in [4.69, 9.17) is 9.88 Å². The topological polar surface area (TPSA) is 81.4 Å². The second kappa shape index (κ2) is 7.32. The normalized spacial score (nSPS) is 12.0. The monoisotopic (exact) mass is 374 g/mol. The van der Waals surface area contributed by atoms with Crippen LogP contribution in [0.4, 0.5) is 18.9 Å². The van der Waals surface area contributed by atoms with Gasteiger partial charge in [-0.15, -0.1) is 0 Å². The fourth-order valence-electron chi connectivity index (χ4n) is 2.15. The van der Waals surface area contributed by atoms with Crippen LogP contribution in [0.3, 0.4) is 0 Å². The number of aryl methyl sites for hydroxylation is 1. The number of hydrogen-bond donors (Lipinski definition) is 2. The standard InChI is InChI=1S/C16H17F3N2O3S/c1-11-3-2-4-12(9-11)24-8-7-21-15-6-5-13(25(20,22)23)10-14(15)16(17,18)19/h2-6,9-10,21H,7-8H2,1H3,(H2,20,22,23). The molecule has 0 aliphatic heterocycles. The molecule has 2 rings (SSSR count). The molecule has 0 spiro atoms. The summed E-state index contributed by atoms with van der Waals surface area (Å²) < 4.78 is 67.3. The highest BCUT2D eigenvalue weighted by Gasteiger charge is 2.34. The summed E-state index contributed by atoms with van der Waals surface area (Å²) >= 11 is 0. The van der Waals surface area contributed by atoms with Crippen molar-refractivity contribution in [3.63, 3.8) is 0 Å². The fourth-order valence-corrected chi connectivity index (χ4v) is 2.69. The molecule has 136 valence electrons. The number of primary sulfonamides is 1. The van der Waals surface area contributed by atoms with Crippen molar-refractivity contribution in [2.75, 3.05) is 18.5 Å². The van der Waals surface area contributed by atoms with Crippen LogP contribution in [0.2, 0.25) is 0 Å². The number of nitrogens with two attached hydrogens (primary N) is 1. The van der Waals surface area contributed by atoms with Crippen LogP contribution in [0.25, 0.3) is 0 Å². The van der Waals surface area contributed by atoms with E-state index in [2.05, 4.69) is 5.32 Å². The first kappa shape index (κ1) is 19.1. The number of alkyl halides is 3. The van der Waals surface area contributed by atoms with Gasteiger partial charge in [-0.3, -0.25) is 0 Å². The molecule has 9 heteroatoms. The lowest BCUT2D eigenvalue weighted by molar-refractivity contribution is -0.137. The third-order valence-electron chi connectivity index (χ3n) is 3.30. The fraction of sp³-hybridized carbons (Fsp3) is 0.250. The number of rotatable bonds is 6. The Morgan fingerprint density at radius 1 is 1.16 bits per heavy atom. The Morgan fingerprint density at radius 2 is 1.88 bits per heavy atom. The molecule has 2 aromatic rings. The van der Waals surface area contributed by atoms with Gasteiger partial charge in [0.25, 0.3) is 0 Å². The molecule has 3 N–H and O–H groups in total. The van der Waals surface area contributed by atoms with Gasteiger partial charge in [0.05, 0.1) is 10.5 Å². The summed E-state index contributed by atoms with van der Waals surface area (Å²) in [7, 11) is -4.22. The van der Waals surface area contributed by atoms with Crippen molar-refractivity contribution in [1.29, 1.82) is 0 Å². The summed E-state index contributed by atoms with van der Waals surface area (Å²) in [5.41, 5.74) is -0.342. The van der Waals surface area contributed by atoms with Crippen molar-refractivity contribution in [3.8, 4) is 5.75 Å². The minimum absolute atomic E-state index is 0.103. The van der Waals surface area contributed by atoms with Crippen LogP contribution in [0.5, 0.6) is 5.75 Å². The van der Waals surface area contributed by atoms with Crippen molar-refractivity contribution >= 4 is 15.7 Å². The maximum atomic E-state index is 13.1. The average Bonchev–Trinajstić information content (AvgIpc) is 2.50. The third-order valence-corrected chi connectivity index (χ3v) is 4.21. The van der Waals surface area contributed by atoms with Crippen LogP contribution >= 0.6 is 0 Å². The highest BCUT2D eigenvalue weighted by Crippen LogP contribution is 2.36. The molecule has 0 heterocycles. The van der Waals surface area contributed by atoms with Gasteiger partial charge in [0, 0.05) is 12.2 Å². The summed E-state index contributed by atoms with van der Waals surface area (Å²) in [6, 6.07) is 9.83. The molecule has 0 aliphatic carbocycles. The first-order valence-corrected chi connectivity index (χ1v) is 8.79. The SMILES string of the molecule is Cc1cccc(OCCNc2ccc(S(N)(=O)=O)cc2C(F)(F)F)c1. The molecule has 0 fully saturated rings. The predicted octanol–water partition coefficient (Wildman–Crippen LogP) is 3.15. The predicted molar refractivity (Wildman–Crippen MR) is 88.0 cm³/mol. The molecule has 25 heavy (non-hydrogen) atoms. The number of benzene rings is 2. The molecule has 0 aliphatic rings. The molecule has 0 bridgehead atoms. The molecule has 0 saturated heterocycles. The maximum absolute atomic E-state index is 13.1. The van der Waals surface area contributed by atoms with E-state index in [1.54, 1.807) is 6.07 Å². The molecule has 0 radical (unpaired) electrons. The number of anilines is 1. The second-order valence-electron chi connectivity index (χ2n) is 5.34. The van der Waals surface area contributed by atoms with Gasteiger partial charge in [0.2, 0.25) is 10.0 Å². The minimum Gasteiger partial charge on any atom is -0.492 e. The third kappa shape index (κ3) is 5.36. The van der Waals surface area contributed by atoms with Crippen LogP contribution in [0, 0.1) is 6.92 Å². The summed E-state index contributed by atoms with van der Waals surface area (Å²) in [6.45, 7) is 2.14. The lowest BCUT2D eigenvalue weighted by Crippen LogP contribution is -2.18. The Kier molecular flexibility index (Phi) is 5.58. The van der Waals surface area contributed by atoms with Gasteiger partial charge in [0.15, 0.2) is 0 Å². The van der Waals surface area contributed by atoms with Crippen molar-refractivity contribution in [3.05, 3.63) is 53.6 Å². The van der Waals surface area contributed by atoms with Crippen LogP contribution in [0.1, 0.15) is 11.1 Å². The number of hydrogen-bond acceptors (Lipinski definition) is 4. The maximum Gasteiger partial charge on any atom is 0.418 e. The summed E-state index contributed by atoms with van der Waals surface area (Å²) in [5, 5.41) is 7.48. The van der Waals surface area contributed by atoms with Gasteiger partial charge in [-0.25, -0.2) is 13.6 Å². The van der Waals surface area contributed by atoms with Crippen LogP contribution in [0.15, 0.2) is 47.4 Å². The first-order valence-electron chi connectivity index (χ1n) is 7.25. The molecular weight excluding hydrogens is 357 g/mol. The van der Waals surface area contributed by atoms with Gasteiger partial charge in [-0.2, -0.15) is 13.2 Å². The van der Waals surface area contributed by atoms with Crippen molar-refractivity contribution < 1.29 is 26.3 Å². The summed E-state index contributed by atoms with van der Waals surface area (Å²) in [5.74, 6) is 0.613. The van der Waals surface area contributed by atoms with E-state index in [0.29, 0.717) is 11.8 Å². The van der Waals surface area contributed by atoms with Crippen LogP contribution in [-0.2, 0) is 16.2 Å². The smallest absolute Gasteiger partial charge is 0.418 e. The number of nitrogens with one attached hydrogen (secondary N) is 1. The van der Waals surface area contributed by atoms with E-state index in [1.807, 2.05) is 25.1 Å². The largest absolute Gasteiger partial charge is 0.492 e. The zero-order valence-electron chi connectivity index (χ0n) is 13.3. The Balaban J connectivity index is 2.08. The number of halogens is 3. The molecule has 0 unspecified atom stereocenters. The minimum atomic E-state index is -4.72. The summed E-state index contributed by atoms with van der Waals surface area (Å²) in [6.07, 6.45) is -4.72. The summed E-state index contributed by atoms with van der Waals surface area (Å²) in [4.78, 5) is -0.596.